The molecule has 5 N–H and O–H groups in total. The van der Waals surface area contributed by atoms with Gasteiger partial charge in [-0.05, 0) is 15.9 Å². The number of carbonyl (C=O) groups is 1. The van der Waals surface area contributed by atoms with Gasteiger partial charge in [0.25, 0.3) is 5.56 Å². The summed E-state index contributed by atoms with van der Waals surface area (Å²) in [7, 11) is 0. The Morgan fingerprint density at radius 2 is 2.33 bits per heavy atom. The molecule has 0 saturated heterocycles. The number of nitrogens with two attached hydrogens (primary N) is 1. The molecule has 1 unspecified atom stereocenters. The summed E-state index contributed by atoms with van der Waals surface area (Å²) in [6.07, 6.45) is -0.00809. The largest absolute Gasteiger partial charge is 0.394 e. The van der Waals surface area contributed by atoms with Crippen LogP contribution in [-0.4, -0.2) is 45.2 Å². The van der Waals surface area contributed by atoms with E-state index in [1.165, 1.54) is 6.20 Å². The third kappa shape index (κ3) is 3.52. The molecule has 100 valence electrons. The molecule has 0 aromatic carbocycles. The lowest BCUT2D eigenvalue weighted by atomic mass is 10.3. The Hall–Kier alpha value is -1.45. The summed E-state index contributed by atoms with van der Waals surface area (Å²) in [5.41, 5.74) is 4.78. The second-order valence-electron chi connectivity index (χ2n) is 3.42. The number of aliphatic hydroxyl groups is 2. The van der Waals surface area contributed by atoms with E-state index in [0.29, 0.717) is 5.69 Å². The van der Waals surface area contributed by atoms with E-state index in [9.17, 15) is 14.7 Å². The number of nitrogens with one attached hydrogen (secondary N) is 1. The fraction of sp³-hybridized carbons (Fsp3) is 0.444. The Labute approximate surface area is 111 Å². The average Bonchev–Trinajstić information content (AvgIpc) is 2.33. The summed E-state index contributed by atoms with van der Waals surface area (Å²) in [4.78, 5) is 22.3. The first-order valence-electron chi connectivity index (χ1n) is 5.05. The molecule has 1 heterocycles. The van der Waals surface area contributed by atoms with Crippen molar-refractivity contribution >= 4 is 27.5 Å². The van der Waals surface area contributed by atoms with Gasteiger partial charge in [0.05, 0.1) is 25.0 Å². The van der Waals surface area contributed by atoms with Gasteiger partial charge in [-0.15, -0.1) is 0 Å². The number of anilines is 1. The topological polar surface area (TPSA) is 130 Å². The van der Waals surface area contributed by atoms with Crippen molar-refractivity contribution in [1.82, 2.24) is 9.78 Å². The summed E-state index contributed by atoms with van der Waals surface area (Å²) in [5, 5.41) is 24.4. The molecule has 1 rings (SSSR count). The highest BCUT2D eigenvalue weighted by molar-refractivity contribution is 9.10. The molecule has 0 radical (unpaired) electrons. The fourth-order valence-corrected chi connectivity index (χ4v) is 1.60. The number of aromatic nitrogens is 2. The fourth-order valence-electron chi connectivity index (χ4n) is 1.15. The molecule has 0 fully saturated rings. The van der Waals surface area contributed by atoms with Gasteiger partial charge in [0.2, 0.25) is 5.91 Å². The van der Waals surface area contributed by atoms with Crippen molar-refractivity contribution in [2.24, 2.45) is 5.73 Å². The normalized spacial score (nSPS) is 12.2. The van der Waals surface area contributed by atoms with Crippen LogP contribution in [0, 0.1) is 0 Å². The Balaban J connectivity index is 2.83. The van der Waals surface area contributed by atoms with Crippen molar-refractivity contribution < 1.29 is 15.0 Å². The number of hydrogen-bond acceptors (Lipinski definition) is 6. The lowest BCUT2D eigenvalue weighted by molar-refractivity contribution is -0.125. The molecule has 0 spiro atoms. The van der Waals surface area contributed by atoms with E-state index in [1.54, 1.807) is 0 Å². The zero-order valence-corrected chi connectivity index (χ0v) is 10.9. The van der Waals surface area contributed by atoms with E-state index in [0.717, 1.165) is 4.68 Å². The molecule has 1 aromatic rings. The second kappa shape index (κ2) is 6.47. The summed E-state index contributed by atoms with van der Waals surface area (Å²) >= 11 is 3.07. The smallest absolute Gasteiger partial charge is 0.283 e. The number of hydrogen-bond donors (Lipinski definition) is 4. The summed E-state index contributed by atoms with van der Waals surface area (Å²) in [6.45, 7) is -0.243. The van der Waals surface area contributed by atoms with Crippen LogP contribution in [-0.2, 0) is 11.3 Å². The van der Waals surface area contributed by atoms with Crippen LogP contribution in [0.3, 0.4) is 0 Å². The quantitative estimate of drug-likeness (QED) is 0.492. The van der Waals surface area contributed by atoms with Crippen LogP contribution in [0.1, 0.15) is 0 Å². The number of amides is 1. The maximum Gasteiger partial charge on any atom is 0.283 e. The van der Waals surface area contributed by atoms with E-state index in [2.05, 4.69) is 26.3 Å². The van der Waals surface area contributed by atoms with E-state index in [1.807, 2.05) is 0 Å². The molecular formula is C9H13BrN4O4. The second-order valence-corrected chi connectivity index (χ2v) is 4.22. The highest BCUT2D eigenvalue weighted by Crippen LogP contribution is 2.15. The molecule has 18 heavy (non-hydrogen) atoms. The number of rotatable bonds is 6. The molecule has 0 saturated carbocycles. The van der Waals surface area contributed by atoms with Crippen LogP contribution in [0.4, 0.5) is 5.69 Å². The molecule has 0 aliphatic carbocycles. The van der Waals surface area contributed by atoms with Crippen LogP contribution < -0.4 is 16.6 Å². The minimum absolute atomic E-state index is 0.0849. The minimum atomic E-state index is -1.35. The van der Waals surface area contributed by atoms with E-state index in [4.69, 9.17) is 10.8 Å². The van der Waals surface area contributed by atoms with E-state index >= 15 is 0 Å². The van der Waals surface area contributed by atoms with Gasteiger partial charge in [-0.1, -0.05) is 0 Å². The van der Waals surface area contributed by atoms with E-state index < -0.39 is 17.6 Å². The molecule has 1 amide bonds. The standard InChI is InChI=1S/C9H13BrN4O4/c10-7-5(12-4-6(16)8(11)17)3-13-14(1-2-15)9(7)18/h3,6,12,15-16H,1-2,4H2,(H2,11,17). The monoisotopic (exact) mass is 320 g/mol. The lowest BCUT2D eigenvalue weighted by Gasteiger charge is -2.11. The Kier molecular flexibility index (Phi) is 5.25. The van der Waals surface area contributed by atoms with E-state index in [-0.39, 0.29) is 24.2 Å². The van der Waals surface area contributed by atoms with Gasteiger partial charge in [-0.3, -0.25) is 9.59 Å². The van der Waals surface area contributed by atoms with Crippen LogP contribution in [0.15, 0.2) is 15.5 Å². The van der Waals surface area contributed by atoms with Gasteiger partial charge in [0, 0.05) is 6.54 Å². The number of halogens is 1. The highest BCUT2D eigenvalue weighted by Gasteiger charge is 2.13. The maximum absolute atomic E-state index is 11.7. The summed E-state index contributed by atoms with van der Waals surface area (Å²) < 4.78 is 1.28. The number of primary amides is 1. The predicted octanol–water partition coefficient (Wildman–Crippen LogP) is -1.74. The first-order valence-corrected chi connectivity index (χ1v) is 5.84. The number of nitrogens with zero attached hydrogens (tertiary/aromatic N) is 2. The molecule has 1 aromatic heterocycles. The molecule has 1 atom stereocenters. The molecule has 0 bridgehead atoms. The first-order chi connectivity index (χ1) is 8.47. The van der Waals surface area contributed by atoms with Crippen molar-refractivity contribution in [3.8, 4) is 0 Å². The maximum atomic E-state index is 11.7. The lowest BCUT2D eigenvalue weighted by Crippen LogP contribution is -2.35. The Morgan fingerprint density at radius 3 is 2.89 bits per heavy atom. The number of aliphatic hydroxyl groups excluding tert-OH is 2. The SMILES string of the molecule is NC(=O)C(O)CNc1cnn(CCO)c(=O)c1Br. The zero-order valence-electron chi connectivity index (χ0n) is 9.34. The van der Waals surface area contributed by atoms with Crippen molar-refractivity contribution in [3.05, 3.63) is 21.0 Å². The van der Waals surface area contributed by atoms with Gasteiger partial charge in [-0.25, -0.2) is 4.68 Å². The van der Waals surface area contributed by atoms with Crippen molar-refractivity contribution in [2.45, 2.75) is 12.6 Å². The molecule has 0 aliphatic heterocycles. The highest BCUT2D eigenvalue weighted by atomic mass is 79.9. The van der Waals surface area contributed by atoms with Gasteiger partial charge in [0.1, 0.15) is 10.6 Å². The minimum Gasteiger partial charge on any atom is -0.394 e. The van der Waals surface area contributed by atoms with Crippen LogP contribution in [0.25, 0.3) is 0 Å². The molecular weight excluding hydrogens is 308 g/mol. The third-order valence-electron chi connectivity index (χ3n) is 2.11. The molecule has 8 nitrogen and oxygen atoms in total. The Morgan fingerprint density at radius 1 is 1.67 bits per heavy atom. The van der Waals surface area contributed by atoms with Gasteiger partial charge < -0.3 is 21.3 Å². The Bertz CT molecular complexity index is 490. The van der Waals surface area contributed by atoms with Crippen molar-refractivity contribution in [1.29, 1.82) is 0 Å². The van der Waals surface area contributed by atoms with Crippen LogP contribution in [0.5, 0.6) is 0 Å². The summed E-state index contributed by atoms with van der Waals surface area (Å²) in [6, 6.07) is 0. The molecule has 0 aliphatic rings. The van der Waals surface area contributed by atoms with Crippen LogP contribution in [0.2, 0.25) is 0 Å². The summed E-state index contributed by atoms with van der Waals surface area (Å²) in [5.74, 6) is -0.861. The van der Waals surface area contributed by atoms with Gasteiger partial charge in [-0.2, -0.15) is 5.10 Å². The van der Waals surface area contributed by atoms with Gasteiger partial charge in [0.15, 0.2) is 0 Å². The number of carbonyl (C=O) groups excluding carboxylic acids is 1. The average molecular weight is 321 g/mol. The zero-order chi connectivity index (χ0) is 13.7. The first kappa shape index (κ1) is 14.6. The predicted molar refractivity (Wildman–Crippen MR) is 67.0 cm³/mol. The van der Waals surface area contributed by atoms with Crippen LogP contribution >= 0.6 is 15.9 Å². The van der Waals surface area contributed by atoms with Crippen molar-refractivity contribution in [2.75, 3.05) is 18.5 Å². The third-order valence-corrected chi connectivity index (χ3v) is 2.88. The van der Waals surface area contributed by atoms with Gasteiger partial charge >= 0.3 is 0 Å². The molecule has 9 heteroatoms. The van der Waals surface area contributed by atoms with Crippen molar-refractivity contribution in [3.63, 3.8) is 0 Å².